The van der Waals surface area contributed by atoms with Crippen molar-refractivity contribution in [1.29, 1.82) is 0 Å². The number of benzene rings is 3. The van der Waals surface area contributed by atoms with Crippen LogP contribution in [0.25, 0.3) is 22.4 Å². The van der Waals surface area contributed by atoms with E-state index in [0.29, 0.717) is 16.7 Å². The summed E-state index contributed by atoms with van der Waals surface area (Å²) in [6.07, 6.45) is 0. The van der Waals surface area contributed by atoms with Gasteiger partial charge >= 0.3 is 0 Å². The zero-order chi connectivity index (χ0) is 19.8. The number of rotatable bonds is 3. The summed E-state index contributed by atoms with van der Waals surface area (Å²) in [5.41, 5.74) is 5.20. The number of aromatic nitrogens is 1. The van der Waals surface area contributed by atoms with E-state index in [1.54, 1.807) is 6.07 Å². The Balaban J connectivity index is 1.65. The summed E-state index contributed by atoms with van der Waals surface area (Å²) in [5.74, 6) is 0.835. The molecule has 1 N–H and O–H groups in total. The molecule has 0 fully saturated rings. The number of aliphatic imine (C=N–C) groups is 1. The summed E-state index contributed by atoms with van der Waals surface area (Å²) in [5, 5.41) is 3.77. The molecule has 4 aromatic rings. The van der Waals surface area contributed by atoms with E-state index in [1.807, 2.05) is 66.7 Å². The van der Waals surface area contributed by atoms with Crippen molar-refractivity contribution in [2.45, 2.75) is 0 Å². The van der Waals surface area contributed by atoms with Crippen molar-refractivity contribution in [3.8, 4) is 22.4 Å². The van der Waals surface area contributed by atoms with Crippen LogP contribution < -0.4 is 5.32 Å². The topological polar surface area (TPSA) is 37.3 Å². The van der Waals surface area contributed by atoms with Crippen molar-refractivity contribution < 1.29 is 4.39 Å². The summed E-state index contributed by atoms with van der Waals surface area (Å²) in [7, 11) is 0. The quantitative estimate of drug-likeness (QED) is 0.415. The van der Waals surface area contributed by atoms with Crippen molar-refractivity contribution in [3.05, 3.63) is 101 Å². The molecule has 5 rings (SSSR count). The van der Waals surface area contributed by atoms with Gasteiger partial charge in [-0.05, 0) is 47.5 Å². The van der Waals surface area contributed by atoms with Crippen LogP contribution in [0, 0.1) is 5.82 Å². The predicted molar refractivity (Wildman–Crippen MR) is 116 cm³/mol. The Hall–Kier alpha value is -3.50. The van der Waals surface area contributed by atoms with Gasteiger partial charge in [0.15, 0.2) is 5.82 Å². The molecule has 3 aromatic carbocycles. The number of amidine groups is 1. The molecule has 0 radical (unpaired) electrons. The molecule has 29 heavy (non-hydrogen) atoms. The first-order valence-electron chi connectivity index (χ1n) is 9.15. The number of halogens is 2. The minimum absolute atomic E-state index is 0.291. The molecule has 1 aliphatic rings. The molecule has 0 atom stereocenters. The second-order valence-corrected chi connectivity index (χ2v) is 7.13. The largest absolute Gasteiger partial charge is 0.339 e. The fourth-order valence-electron chi connectivity index (χ4n) is 3.33. The van der Waals surface area contributed by atoms with E-state index in [4.69, 9.17) is 16.6 Å². The van der Waals surface area contributed by atoms with Gasteiger partial charge in [-0.3, -0.25) is 0 Å². The Morgan fingerprint density at radius 1 is 0.793 bits per heavy atom. The Labute approximate surface area is 172 Å². The highest BCUT2D eigenvalue weighted by Crippen LogP contribution is 2.34. The van der Waals surface area contributed by atoms with Gasteiger partial charge in [0.25, 0.3) is 0 Å². The normalized spacial score (nSPS) is 13.5. The highest BCUT2D eigenvalue weighted by molar-refractivity contribution is 6.33. The Bertz CT molecular complexity index is 1250. The molecule has 1 aliphatic heterocycles. The van der Waals surface area contributed by atoms with E-state index in [-0.39, 0.29) is 5.82 Å². The van der Waals surface area contributed by atoms with Crippen molar-refractivity contribution in [2.75, 3.05) is 5.32 Å². The van der Waals surface area contributed by atoms with Gasteiger partial charge in [0.1, 0.15) is 11.7 Å². The molecule has 0 saturated carbocycles. The number of anilines is 1. The van der Waals surface area contributed by atoms with Crippen molar-refractivity contribution in [2.24, 2.45) is 4.99 Å². The number of nitrogens with zero attached hydrogens (tertiary/aromatic N) is 2. The van der Waals surface area contributed by atoms with Gasteiger partial charge in [0.2, 0.25) is 0 Å². The lowest BCUT2D eigenvalue weighted by Crippen LogP contribution is -2.25. The number of hydrogen-bond acceptors (Lipinski definition) is 2. The van der Waals surface area contributed by atoms with E-state index in [1.165, 1.54) is 12.1 Å². The molecule has 0 aliphatic carbocycles. The number of pyridine rings is 1. The van der Waals surface area contributed by atoms with Crippen LogP contribution in [0.5, 0.6) is 0 Å². The lowest BCUT2D eigenvalue weighted by molar-refractivity contribution is 0.627. The highest BCUT2D eigenvalue weighted by Gasteiger charge is 2.21. The Morgan fingerprint density at radius 3 is 2.41 bits per heavy atom. The third kappa shape index (κ3) is 3.39. The highest BCUT2D eigenvalue weighted by atomic mass is 35.5. The van der Waals surface area contributed by atoms with Crippen LogP contribution in [0.1, 0.15) is 5.56 Å². The van der Waals surface area contributed by atoms with E-state index in [0.717, 1.165) is 33.6 Å². The van der Waals surface area contributed by atoms with Crippen LogP contribution in [-0.2, 0) is 0 Å². The maximum atomic E-state index is 13.6. The molecular weight excluding hydrogens is 385 g/mol. The average Bonchev–Trinajstić information content (AvgIpc) is 2.74. The maximum absolute atomic E-state index is 13.6. The van der Waals surface area contributed by atoms with Crippen LogP contribution in [-0.4, -0.2) is 10.8 Å². The van der Waals surface area contributed by atoms with E-state index in [9.17, 15) is 4.39 Å². The molecule has 0 saturated heterocycles. The van der Waals surface area contributed by atoms with Crippen molar-refractivity contribution in [1.82, 2.24) is 4.98 Å². The molecule has 5 heteroatoms. The smallest absolute Gasteiger partial charge is 0.155 e. The van der Waals surface area contributed by atoms with E-state index in [2.05, 4.69) is 10.3 Å². The van der Waals surface area contributed by atoms with Gasteiger partial charge < -0.3 is 5.32 Å². The SMILES string of the molecule is Fc1ccc2c(c1)C(=Nc1cc(-c3ccccc3)cc(-c3ccccc3Cl)n1)N2. The third-order valence-electron chi connectivity index (χ3n) is 4.78. The van der Waals surface area contributed by atoms with Gasteiger partial charge in [-0.15, -0.1) is 0 Å². The number of nitrogens with one attached hydrogen (secondary N) is 1. The Kier molecular flexibility index (Phi) is 4.34. The first-order chi connectivity index (χ1) is 14.2. The summed E-state index contributed by atoms with van der Waals surface area (Å²) >= 11 is 6.41. The van der Waals surface area contributed by atoms with Gasteiger partial charge in [-0.2, -0.15) is 0 Å². The lowest BCUT2D eigenvalue weighted by Gasteiger charge is -2.23. The van der Waals surface area contributed by atoms with E-state index < -0.39 is 0 Å². The molecule has 0 bridgehead atoms. The van der Waals surface area contributed by atoms with Crippen LogP contribution in [0.2, 0.25) is 5.02 Å². The van der Waals surface area contributed by atoms with E-state index >= 15 is 0 Å². The fourth-order valence-corrected chi connectivity index (χ4v) is 3.57. The zero-order valence-corrected chi connectivity index (χ0v) is 16.0. The molecule has 0 amide bonds. The minimum atomic E-state index is -0.291. The molecular formula is C24H15ClFN3. The monoisotopic (exact) mass is 399 g/mol. The lowest BCUT2D eigenvalue weighted by atomic mass is 10.0. The van der Waals surface area contributed by atoms with Crippen LogP contribution in [0.3, 0.4) is 0 Å². The number of hydrogen-bond donors (Lipinski definition) is 1. The van der Waals surface area contributed by atoms with Crippen molar-refractivity contribution >= 4 is 28.9 Å². The van der Waals surface area contributed by atoms with Crippen LogP contribution in [0.15, 0.2) is 89.9 Å². The fraction of sp³-hybridized carbons (Fsp3) is 0. The second-order valence-electron chi connectivity index (χ2n) is 6.72. The maximum Gasteiger partial charge on any atom is 0.155 e. The predicted octanol–water partition coefficient (Wildman–Crippen LogP) is 6.71. The van der Waals surface area contributed by atoms with Crippen molar-refractivity contribution in [3.63, 3.8) is 0 Å². The van der Waals surface area contributed by atoms with Crippen LogP contribution >= 0.6 is 11.6 Å². The minimum Gasteiger partial charge on any atom is -0.339 e. The van der Waals surface area contributed by atoms with Gasteiger partial charge in [0, 0.05) is 16.1 Å². The summed E-state index contributed by atoms with van der Waals surface area (Å²) in [6, 6.07) is 26.1. The third-order valence-corrected chi connectivity index (χ3v) is 5.11. The molecule has 1 aromatic heterocycles. The molecule has 0 spiro atoms. The zero-order valence-electron chi connectivity index (χ0n) is 15.2. The molecule has 0 unspecified atom stereocenters. The first kappa shape index (κ1) is 17.6. The molecule has 140 valence electrons. The van der Waals surface area contributed by atoms with Gasteiger partial charge in [0.05, 0.1) is 11.4 Å². The summed E-state index contributed by atoms with van der Waals surface area (Å²) < 4.78 is 13.6. The van der Waals surface area contributed by atoms with Gasteiger partial charge in [-0.1, -0.05) is 60.1 Å². The second kappa shape index (κ2) is 7.15. The molecule has 3 nitrogen and oxygen atoms in total. The average molecular weight is 400 g/mol. The summed E-state index contributed by atoms with van der Waals surface area (Å²) in [6.45, 7) is 0. The molecule has 2 heterocycles. The van der Waals surface area contributed by atoms with Crippen LogP contribution in [0.4, 0.5) is 15.9 Å². The summed E-state index contributed by atoms with van der Waals surface area (Å²) in [4.78, 5) is 9.33. The number of fused-ring (bicyclic) bond motifs is 1. The first-order valence-corrected chi connectivity index (χ1v) is 9.53. The standard InChI is InChI=1S/C24H15ClFN3/c25-20-9-5-4-8-18(20)22-12-16(15-6-2-1-3-7-15)13-23(27-22)29-24-19-14-17(26)10-11-21(19)28-24/h1-14H,(H,27,28,29). The Morgan fingerprint density at radius 2 is 1.59 bits per heavy atom. The van der Waals surface area contributed by atoms with Gasteiger partial charge in [-0.25, -0.2) is 14.4 Å².